The van der Waals surface area contributed by atoms with Crippen LogP contribution in [0.1, 0.15) is 30.4 Å². The molecule has 7 rings (SSSR count). The summed E-state index contributed by atoms with van der Waals surface area (Å²) in [7, 11) is 0. The summed E-state index contributed by atoms with van der Waals surface area (Å²) in [5.74, 6) is 1.10. The summed E-state index contributed by atoms with van der Waals surface area (Å²) in [5.41, 5.74) is 6.45. The van der Waals surface area contributed by atoms with E-state index >= 15 is 4.39 Å². The Morgan fingerprint density at radius 1 is 0.875 bits per heavy atom. The van der Waals surface area contributed by atoms with Crippen molar-refractivity contribution in [2.24, 2.45) is 0 Å². The summed E-state index contributed by atoms with van der Waals surface area (Å²) in [4.78, 5) is 19.7. The Morgan fingerprint density at radius 2 is 1.73 bits per heavy atom. The van der Waals surface area contributed by atoms with Crippen LogP contribution >= 0.6 is 0 Å². The molecule has 3 N–H and O–H groups in total. The predicted molar refractivity (Wildman–Crippen MR) is 155 cm³/mol. The van der Waals surface area contributed by atoms with Gasteiger partial charge in [-0.05, 0) is 60.2 Å². The van der Waals surface area contributed by atoms with E-state index in [9.17, 15) is 0 Å². The summed E-state index contributed by atoms with van der Waals surface area (Å²) >= 11 is 0. The number of nitrogens with zero attached hydrogens (tertiary/aromatic N) is 5. The Hall–Kier alpha value is -4.63. The normalized spacial score (nSPS) is 13.9. The van der Waals surface area contributed by atoms with Crippen molar-refractivity contribution >= 4 is 27.8 Å². The second-order valence-corrected chi connectivity index (χ2v) is 10.3. The average molecular weight is 533 g/mol. The highest BCUT2D eigenvalue weighted by Crippen LogP contribution is 2.34. The number of anilines is 1. The van der Waals surface area contributed by atoms with Crippen molar-refractivity contribution < 1.29 is 4.39 Å². The van der Waals surface area contributed by atoms with Gasteiger partial charge in [0.2, 0.25) is 0 Å². The van der Waals surface area contributed by atoms with Crippen molar-refractivity contribution in [3.8, 4) is 22.6 Å². The van der Waals surface area contributed by atoms with Crippen LogP contribution in [0, 0.1) is 5.82 Å². The number of benzene rings is 2. The van der Waals surface area contributed by atoms with E-state index < -0.39 is 5.82 Å². The Labute approximate surface area is 230 Å². The largest absolute Gasteiger partial charge is 0.355 e. The van der Waals surface area contributed by atoms with Crippen LogP contribution in [0.25, 0.3) is 44.6 Å². The number of rotatable bonds is 7. The molecule has 0 bridgehead atoms. The number of nitrogens with one attached hydrogen (secondary N) is 3. The first-order chi connectivity index (χ1) is 19.7. The maximum Gasteiger partial charge on any atom is 0.157 e. The lowest BCUT2D eigenvalue weighted by Crippen LogP contribution is -2.30. The lowest BCUT2D eigenvalue weighted by Gasteiger charge is -2.27. The van der Waals surface area contributed by atoms with E-state index in [1.165, 1.54) is 18.1 Å². The first-order valence-electron chi connectivity index (χ1n) is 13.7. The highest BCUT2D eigenvalue weighted by Gasteiger charge is 2.20. The molecule has 0 spiro atoms. The van der Waals surface area contributed by atoms with E-state index in [-0.39, 0.29) is 5.52 Å². The van der Waals surface area contributed by atoms with Crippen LogP contribution in [0.15, 0.2) is 73.2 Å². The molecule has 4 aromatic heterocycles. The Kier molecular flexibility index (Phi) is 6.41. The molecule has 9 heteroatoms. The maximum atomic E-state index is 15.3. The molecule has 1 saturated heterocycles. The van der Waals surface area contributed by atoms with Gasteiger partial charge >= 0.3 is 0 Å². The van der Waals surface area contributed by atoms with Crippen LogP contribution in [0.2, 0.25) is 0 Å². The Bertz CT molecular complexity index is 1790. The fraction of sp³-hybridized carbons (Fsp3) is 0.226. The molecule has 0 saturated carbocycles. The first-order valence-corrected chi connectivity index (χ1v) is 13.7. The van der Waals surface area contributed by atoms with Gasteiger partial charge < -0.3 is 15.2 Å². The fourth-order valence-corrected chi connectivity index (χ4v) is 5.49. The molecule has 6 aromatic rings. The molecular weight excluding hydrogens is 503 g/mol. The molecule has 0 unspecified atom stereocenters. The average Bonchev–Trinajstić information content (AvgIpc) is 3.63. The van der Waals surface area contributed by atoms with Gasteiger partial charge in [0, 0.05) is 55.7 Å². The molecule has 40 heavy (non-hydrogen) atoms. The van der Waals surface area contributed by atoms with Crippen LogP contribution in [-0.4, -0.2) is 43.2 Å². The molecule has 1 aliphatic rings. The minimum absolute atomic E-state index is 0.280. The van der Waals surface area contributed by atoms with Gasteiger partial charge in [-0.15, -0.1) is 0 Å². The van der Waals surface area contributed by atoms with Gasteiger partial charge in [0.15, 0.2) is 17.5 Å². The second kappa shape index (κ2) is 10.5. The van der Waals surface area contributed by atoms with E-state index in [2.05, 4.69) is 47.5 Å². The third-order valence-electron chi connectivity index (χ3n) is 7.52. The first kappa shape index (κ1) is 24.4. The number of imidazole rings is 1. The smallest absolute Gasteiger partial charge is 0.157 e. The zero-order valence-electron chi connectivity index (χ0n) is 22.0. The minimum Gasteiger partial charge on any atom is -0.355 e. The van der Waals surface area contributed by atoms with Gasteiger partial charge in [-0.2, -0.15) is 5.10 Å². The summed E-state index contributed by atoms with van der Waals surface area (Å²) < 4.78 is 15.3. The number of fused-ring (bicyclic) bond motifs is 2. The van der Waals surface area contributed by atoms with Crippen LogP contribution in [-0.2, 0) is 13.1 Å². The third kappa shape index (κ3) is 4.69. The monoisotopic (exact) mass is 532 g/mol. The molecule has 8 nitrogen and oxygen atoms in total. The standard InChI is InChI=1S/C31H29FN8/c32-25-15-22(23-13-21(18-34-19-23)17-33-16-20-7-3-1-4-8-20)14-24-27(25)38-39-28(24)30-36-26-9-10-35-31(29(26)37-30)40-11-5-2-6-12-40/h1,3-4,7-10,13-15,18-19,33H,2,5-6,11-12,16-17H2,(H,36,37)(H,38,39). The zero-order chi connectivity index (χ0) is 26.9. The topological polar surface area (TPSA) is 98.4 Å². The van der Waals surface area contributed by atoms with Crippen molar-refractivity contribution in [3.63, 3.8) is 0 Å². The van der Waals surface area contributed by atoms with E-state index in [1.807, 2.05) is 48.8 Å². The SMILES string of the molecule is Fc1cc(-c2cncc(CNCc3ccccc3)c2)cc2c(-c3nc4c(N5CCCCC5)nccc4[nH]3)[nH]nc12. The van der Waals surface area contributed by atoms with Crippen molar-refractivity contribution in [1.29, 1.82) is 0 Å². The minimum atomic E-state index is -0.394. The lowest BCUT2D eigenvalue weighted by molar-refractivity contribution is 0.574. The van der Waals surface area contributed by atoms with Crippen LogP contribution in [0.3, 0.4) is 0 Å². The van der Waals surface area contributed by atoms with Crippen molar-refractivity contribution in [2.45, 2.75) is 32.4 Å². The summed E-state index contributed by atoms with van der Waals surface area (Å²) in [6.07, 6.45) is 8.96. The molecule has 0 atom stereocenters. The molecule has 200 valence electrons. The predicted octanol–water partition coefficient (Wildman–Crippen LogP) is 5.98. The quantitative estimate of drug-likeness (QED) is 0.234. The van der Waals surface area contributed by atoms with E-state index in [0.717, 1.165) is 66.0 Å². The molecule has 1 aliphatic heterocycles. The van der Waals surface area contributed by atoms with Gasteiger partial charge in [0.1, 0.15) is 16.7 Å². The maximum absolute atomic E-state index is 15.3. The highest BCUT2D eigenvalue weighted by atomic mass is 19.1. The number of piperidine rings is 1. The molecule has 0 aliphatic carbocycles. The van der Waals surface area contributed by atoms with E-state index in [1.54, 1.807) is 6.20 Å². The molecule has 2 aromatic carbocycles. The molecule has 0 amide bonds. The Balaban J connectivity index is 1.20. The van der Waals surface area contributed by atoms with Gasteiger partial charge in [-0.25, -0.2) is 14.4 Å². The number of hydrogen-bond acceptors (Lipinski definition) is 6. The number of halogens is 1. The third-order valence-corrected chi connectivity index (χ3v) is 7.52. The van der Waals surface area contributed by atoms with Gasteiger partial charge in [0.25, 0.3) is 0 Å². The van der Waals surface area contributed by atoms with Crippen molar-refractivity contribution in [1.82, 2.24) is 35.5 Å². The highest BCUT2D eigenvalue weighted by molar-refractivity contribution is 5.97. The van der Waals surface area contributed by atoms with Gasteiger partial charge in [-0.1, -0.05) is 30.3 Å². The zero-order valence-corrected chi connectivity index (χ0v) is 22.0. The second-order valence-electron chi connectivity index (χ2n) is 10.3. The summed E-state index contributed by atoms with van der Waals surface area (Å²) in [5, 5.41) is 11.4. The van der Waals surface area contributed by atoms with Crippen LogP contribution in [0.5, 0.6) is 0 Å². The number of aromatic amines is 2. The number of aromatic nitrogens is 6. The molecule has 1 fully saturated rings. The summed E-state index contributed by atoms with van der Waals surface area (Å²) in [6, 6.07) is 17.7. The van der Waals surface area contributed by atoms with Gasteiger partial charge in [-0.3, -0.25) is 10.1 Å². The summed E-state index contributed by atoms with van der Waals surface area (Å²) in [6.45, 7) is 3.37. The lowest BCUT2D eigenvalue weighted by atomic mass is 10.0. The van der Waals surface area contributed by atoms with E-state index in [0.29, 0.717) is 23.4 Å². The molecular formula is C31H29FN8. The number of pyridine rings is 2. The van der Waals surface area contributed by atoms with Crippen LogP contribution < -0.4 is 10.2 Å². The Morgan fingerprint density at radius 3 is 2.60 bits per heavy atom. The molecule has 0 radical (unpaired) electrons. The molecule has 5 heterocycles. The number of H-pyrrole nitrogens is 2. The van der Waals surface area contributed by atoms with E-state index in [4.69, 9.17) is 4.98 Å². The van der Waals surface area contributed by atoms with Crippen molar-refractivity contribution in [2.75, 3.05) is 18.0 Å². The fourth-order valence-electron chi connectivity index (χ4n) is 5.49. The van der Waals surface area contributed by atoms with Crippen molar-refractivity contribution in [3.05, 3.63) is 90.1 Å². The van der Waals surface area contributed by atoms with Gasteiger partial charge in [0.05, 0.1) is 5.52 Å². The van der Waals surface area contributed by atoms with Crippen LogP contribution in [0.4, 0.5) is 10.2 Å². The number of hydrogen-bond donors (Lipinski definition) is 3.